The van der Waals surface area contributed by atoms with Gasteiger partial charge in [-0.2, -0.15) is 0 Å². The van der Waals surface area contributed by atoms with Crippen molar-refractivity contribution in [3.05, 3.63) is 0 Å². The molecule has 0 saturated heterocycles. The van der Waals surface area contributed by atoms with E-state index in [2.05, 4.69) is 32.7 Å². The SMILES string of the molecule is CCCCN(C)C1CC(C)CC1CC. The molecule has 14 heavy (non-hydrogen) atoms. The van der Waals surface area contributed by atoms with Crippen LogP contribution in [-0.2, 0) is 0 Å². The molecule has 0 spiro atoms. The number of nitrogens with zero attached hydrogens (tertiary/aromatic N) is 1. The van der Waals surface area contributed by atoms with Crippen LogP contribution in [0.4, 0.5) is 0 Å². The third kappa shape index (κ3) is 2.98. The normalized spacial score (nSPS) is 32.8. The van der Waals surface area contributed by atoms with Crippen LogP contribution >= 0.6 is 0 Å². The molecule has 0 aliphatic heterocycles. The summed E-state index contributed by atoms with van der Waals surface area (Å²) in [4.78, 5) is 2.61. The standard InChI is InChI=1S/C13H27N/c1-5-7-8-14(4)13-10-11(3)9-12(13)6-2/h11-13H,5-10H2,1-4H3. The maximum atomic E-state index is 2.61. The van der Waals surface area contributed by atoms with Crippen molar-refractivity contribution in [1.82, 2.24) is 4.90 Å². The Balaban J connectivity index is 2.40. The molecule has 0 amide bonds. The second kappa shape index (κ2) is 5.75. The van der Waals surface area contributed by atoms with Gasteiger partial charge in [-0.25, -0.2) is 0 Å². The van der Waals surface area contributed by atoms with E-state index >= 15 is 0 Å². The number of hydrogen-bond acceptors (Lipinski definition) is 1. The molecule has 1 rings (SSSR count). The molecular weight excluding hydrogens is 170 g/mol. The number of hydrogen-bond donors (Lipinski definition) is 0. The van der Waals surface area contributed by atoms with Gasteiger partial charge in [0.05, 0.1) is 0 Å². The largest absolute Gasteiger partial charge is 0.303 e. The summed E-state index contributed by atoms with van der Waals surface area (Å²) >= 11 is 0. The highest BCUT2D eigenvalue weighted by molar-refractivity contribution is 4.86. The minimum atomic E-state index is 0.876. The first-order valence-electron chi connectivity index (χ1n) is 6.39. The lowest BCUT2D eigenvalue weighted by Crippen LogP contribution is -2.35. The predicted octanol–water partition coefficient (Wildman–Crippen LogP) is 3.54. The summed E-state index contributed by atoms with van der Waals surface area (Å²) < 4.78 is 0. The Bertz CT molecular complexity index is 155. The van der Waals surface area contributed by atoms with Gasteiger partial charge in [0.25, 0.3) is 0 Å². The van der Waals surface area contributed by atoms with Gasteiger partial charge in [-0.05, 0) is 44.7 Å². The van der Waals surface area contributed by atoms with Crippen LogP contribution in [0.5, 0.6) is 0 Å². The van der Waals surface area contributed by atoms with Gasteiger partial charge >= 0.3 is 0 Å². The van der Waals surface area contributed by atoms with E-state index in [-0.39, 0.29) is 0 Å². The zero-order valence-electron chi connectivity index (χ0n) is 10.4. The smallest absolute Gasteiger partial charge is 0.0123 e. The van der Waals surface area contributed by atoms with Gasteiger partial charge < -0.3 is 4.90 Å². The van der Waals surface area contributed by atoms with E-state index < -0.39 is 0 Å². The summed E-state index contributed by atoms with van der Waals surface area (Å²) in [5, 5.41) is 0. The third-order valence-corrected chi connectivity index (χ3v) is 3.85. The Morgan fingerprint density at radius 2 is 1.93 bits per heavy atom. The molecule has 1 aliphatic rings. The summed E-state index contributed by atoms with van der Waals surface area (Å²) in [5.41, 5.74) is 0. The van der Waals surface area contributed by atoms with Crippen LogP contribution in [0, 0.1) is 11.8 Å². The highest BCUT2D eigenvalue weighted by Crippen LogP contribution is 2.35. The fraction of sp³-hybridized carbons (Fsp3) is 1.00. The molecular formula is C13H27N. The maximum absolute atomic E-state index is 2.61. The average Bonchev–Trinajstić information content (AvgIpc) is 2.56. The molecule has 0 aromatic heterocycles. The van der Waals surface area contributed by atoms with Crippen molar-refractivity contribution in [2.75, 3.05) is 13.6 Å². The molecule has 1 heteroatoms. The second-order valence-corrected chi connectivity index (χ2v) is 5.15. The summed E-state index contributed by atoms with van der Waals surface area (Å²) in [5.74, 6) is 1.92. The van der Waals surface area contributed by atoms with E-state index in [1.54, 1.807) is 0 Å². The lowest BCUT2D eigenvalue weighted by atomic mass is 9.99. The molecule has 0 N–H and O–H groups in total. The fourth-order valence-corrected chi connectivity index (χ4v) is 2.93. The first kappa shape index (κ1) is 12.0. The van der Waals surface area contributed by atoms with Crippen molar-refractivity contribution >= 4 is 0 Å². The van der Waals surface area contributed by atoms with Crippen LogP contribution in [0.2, 0.25) is 0 Å². The lowest BCUT2D eigenvalue weighted by molar-refractivity contribution is 0.191. The highest BCUT2D eigenvalue weighted by Gasteiger charge is 2.32. The van der Waals surface area contributed by atoms with Crippen LogP contribution in [0.1, 0.15) is 52.9 Å². The molecule has 0 aromatic rings. The van der Waals surface area contributed by atoms with Crippen molar-refractivity contribution in [3.63, 3.8) is 0 Å². The Morgan fingerprint density at radius 3 is 2.50 bits per heavy atom. The first-order chi connectivity index (χ1) is 6.69. The summed E-state index contributed by atoms with van der Waals surface area (Å²) in [6, 6.07) is 0.876. The summed E-state index contributed by atoms with van der Waals surface area (Å²) in [6.45, 7) is 8.34. The maximum Gasteiger partial charge on any atom is 0.0123 e. The van der Waals surface area contributed by atoms with Crippen LogP contribution < -0.4 is 0 Å². The lowest BCUT2D eigenvalue weighted by Gasteiger charge is -2.29. The molecule has 0 heterocycles. The topological polar surface area (TPSA) is 3.24 Å². The van der Waals surface area contributed by atoms with Crippen LogP contribution in [-0.4, -0.2) is 24.5 Å². The molecule has 1 nitrogen and oxygen atoms in total. The molecule has 3 atom stereocenters. The predicted molar refractivity (Wildman–Crippen MR) is 63.5 cm³/mol. The van der Waals surface area contributed by atoms with Gasteiger partial charge in [0.1, 0.15) is 0 Å². The second-order valence-electron chi connectivity index (χ2n) is 5.15. The van der Waals surface area contributed by atoms with E-state index in [0.29, 0.717) is 0 Å². The Morgan fingerprint density at radius 1 is 1.21 bits per heavy atom. The Kier molecular flexibility index (Phi) is 4.94. The van der Waals surface area contributed by atoms with Gasteiger partial charge in [-0.15, -0.1) is 0 Å². The molecule has 0 radical (unpaired) electrons. The molecule has 1 aliphatic carbocycles. The van der Waals surface area contributed by atoms with E-state index in [1.165, 1.54) is 38.6 Å². The van der Waals surface area contributed by atoms with Crippen LogP contribution in [0.25, 0.3) is 0 Å². The highest BCUT2D eigenvalue weighted by atomic mass is 15.1. The Hall–Kier alpha value is -0.0400. The Labute approximate surface area is 89.9 Å². The molecule has 0 aromatic carbocycles. The first-order valence-corrected chi connectivity index (χ1v) is 6.39. The summed E-state index contributed by atoms with van der Waals surface area (Å²) in [7, 11) is 2.32. The van der Waals surface area contributed by atoms with E-state index in [1.807, 2.05) is 0 Å². The molecule has 84 valence electrons. The zero-order valence-corrected chi connectivity index (χ0v) is 10.4. The van der Waals surface area contributed by atoms with Crippen molar-refractivity contribution in [2.24, 2.45) is 11.8 Å². The molecule has 0 bridgehead atoms. The van der Waals surface area contributed by atoms with Crippen molar-refractivity contribution in [2.45, 2.75) is 58.9 Å². The monoisotopic (exact) mass is 197 g/mol. The molecule has 1 fully saturated rings. The van der Waals surface area contributed by atoms with Gasteiger partial charge in [-0.3, -0.25) is 0 Å². The third-order valence-electron chi connectivity index (χ3n) is 3.85. The minimum absolute atomic E-state index is 0.876. The van der Waals surface area contributed by atoms with Crippen molar-refractivity contribution < 1.29 is 0 Å². The van der Waals surface area contributed by atoms with Gasteiger partial charge in [0, 0.05) is 6.04 Å². The zero-order chi connectivity index (χ0) is 10.6. The van der Waals surface area contributed by atoms with Crippen LogP contribution in [0.3, 0.4) is 0 Å². The van der Waals surface area contributed by atoms with Gasteiger partial charge in [0.15, 0.2) is 0 Å². The van der Waals surface area contributed by atoms with Crippen molar-refractivity contribution in [3.8, 4) is 0 Å². The quantitative estimate of drug-likeness (QED) is 0.651. The van der Waals surface area contributed by atoms with Crippen molar-refractivity contribution in [1.29, 1.82) is 0 Å². The van der Waals surface area contributed by atoms with E-state index in [4.69, 9.17) is 0 Å². The number of unbranched alkanes of at least 4 members (excludes halogenated alkanes) is 1. The van der Waals surface area contributed by atoms with E-state index in [9.17, 15) is 0 Å². The number of rotatable bonds is 5. The average molecular weight is 197 g/mol. The molecule has 3 unspecified atom stereocenters. The minimum Gasteiger partial charge on any atom is -0.303 e. The van der Waals surface area contributed by atoms with E-state index in [0.717, 1.165) is 17.9 Å². The summed E-state index contributed by atoms with van der Waals surface area (Å²) in [6.07, 6.45) is 6.93. The fourth-order valence-electron chi connectivity index (χ4n) is 2.93. The molecule has 1 saturated carbocycles. The van der Waals surface area contributed by atoms with Crippen LogP contribution in [0.15, 0.2) is 0 Å². The van der Waals surface area contributed by atoms with Gasteiger partial charge in [-0.1, -0.05) is 33.6 Å². The van der Waals surface area contributed by atoms with Gasteiger partial charge in [0.2, 0.25) is 0 Å².